The first-order valence-electron chi connectivity index (χ1n) is 12.2. The highest BCUT2D eigenvalue weighted by Crippen LogP contribution is 2.42. The van der Waals surface area contributed by atoms with Gasteiger partial charge in [0.05, 0.1) is 32.2 Å². The minimum absolute atomic E-state index is 0.0419. The van der Waals surface area contributed by atoms with Gasteiger partial charge in [0.15, 0.2) is 11.5 Å². The second-order valence-electron chi connectivity index (χ2n) is 9.22. The molecular formula is C28H29N3O6. The lowest BCUT2D eigenvalue weighted by molar-refractivity contribution is -0.139. The van der Waals surface area contributed by atoms with Crippen LogP contribution in [-0.4, -0.2) is 58.1 Å². The van der Waals surface area contributed by atoms with Crippen LogP contribution in [0.5, 0.6) is 17.2 Å². The fraction of sp³-hybridized carbons (Fsp3) is 0.321. The molecular weight excluding hydrogens is 474 g/mol. The van der Waals surface area contributed by atoms with E-state index in [1.165, 1.54) is 19.1 Å². The molecule has 37 heavy (non-hydrogen) atoms. The van der Waals surface area contributed by atoms with Gasteiger partial charge in [0.1, 0.15) is 17.6 Å². The molecule has 2 atom stereocenters. The van der Waals surface area contributed by atoms with Gasteiger partial charge >= 0.3 is 0 Å². The van der Waals surface area contributed by atoms with Gasteiger partial charge in [-0.3, -0.25) is 9.59 Å². The molecule has 1 fully saturated rings. The largest absolute Gasteiger partial charge is 0.507 e. The number of aryl methyl sites for hydroxylation is 1. The van der Waals surface area contributed by atoms with Crippen molar-refractivity contribution in [2.75, 3.05) is 20.8 Å². The summed E-state index contributed by atoms with van der Waals surface area (Å²) in [6, 6.07) is 9.80. The first-order valence-corrected chi connectivity index (χ1v) is 12.2. The first-order chi connectivity index (χ1) is 17.9. The zero-order chi connectivity index (χ0) is 26.1. The summed E-state index contributed by atoms with van der Waals surface area (Å²) in [5.74, 6) is 0.178. The van der Waals surface area contributed by atoms with E-state index in [0.29, 0.717) is 48.6 Å². The van der Waals surface area contributed by atoms with Crippen LogP contribution in [0.15, 0.2) is 60.7 Å². The van der Waals surface area contributed by atoms with Crippen LogP contribution in [0.1, 0.15) is 36.1 Å². The fourth-order valence-corrected chi connectivity index (χ4v) is 5.05. The molecule has 0 spiro atoms. The minimum atomic E-state index is -0.786. The lowest BCUT2D eigenvalue weighted by Gasteiger charge is -2.26. The zero-order valence-electron chi connectivity index (χ0n) is 21.0. The number of ether oxygens (including phenoxy) is 3. The van der Waals surface area contributed by atoms with E-state index in [9.17, 15) is 14.7 Å². The number of benzene rings is 2. The molecule has 2 unspecified atom stereocenters. The first kappa shape index (κ1) is 24.4. The molecule has 2 aromatic carbocycles. The van der Waals surface area contributed by atoms with Crippen molar-refractivity contribution in [2.24, 2.45) is 0 Å². The van der Waals surface area contributed by atoms with Gasteiger partial charge in [-0.15, -0.1) is 0 Å². The maximum atomic E-state index is 13.4. The Kier molecular flexibility index (Phi) is 6.60. The molecule has 3 aromatic rings. The number of ketones is 1. The average Bonchev–Trinajstić information content (AvgIpc) is 3.61. The number of nitrogens with zero attached hydrogens (tertiary/aromatic N) is 3. The predicted molar refractivity (Wildman–Crippen MR) is 136 cm³/mol. The number of fused-ring (bicyclic) bond motifs is 1. The molecule has 1 saturated heterocycles. The quantitative estimate of drug-likeness (QED) is 0.284. The third-order valence-corrected chi connectivity index (χ3v) is 6.81. The lowest BCUT2D eigenvalue weighted by Crippen LogP contribution is -2.31. The molecule has 1 N–H and O–H groups in total. The highest BCUT2D eigenvalue weighted by Gasteiger charge is 2.46. The van der Waals surface area contributed by atoms with Crippen LogP contribution in [-0.2, 0) is 22.6 Å². The summed E-state index contributed by atoms with van der Waals surface area (Å²) in [7, 11) is 3.06. The van der Waals surface area contributed by atoms with Crippen molar-refractivity contribution in [3.8, 4) is 17.2 Å². The number of imidazole rings is 1. The number of carbonyl (C=O) groups excluding carboxylic acids is 2. The molecule has 1 amide bonds. The molecule has 0 saturated carbocycles. The summed E-state index contributed by atoms with van der Waals surface area (Å²) in [6.07, 6.45) is 6.59. The Morgan fingerprint density at radius 3 is 2.65 bits per heavy atom. The van der Waals surface area contributed by atoms with Gasteiger partial charge in [-0.2, -0.15) is 0 Å². The second-order valence-corrected chi connectivity index (χ2v) is 9.22. The number of aliphatic hydroxyl groups is 1. The van der Waals surface area contributed by atoms with Crippen molar-refractivity contribution in [3.05, 3.63) is 77.4 Å². The molecule has 9 nitrogen and oxygen atoms in total. The Labute approximate surface area is 214 Å². The number of hydrogen-bond acceptors (Lipinski definition) is 7. The summed E-state index contributed by atoms with van der Waals surface area (Å²) in [5.41, 5.74) is 2.11. The second kappa shape index (κ2) is 10.0. The van der Waals surface area contributed by atoms with Gasteiger partial charge in [0.2, 0.25) is 0 Å². The van der Waals surface area contributed by atoms with Gasteiger partial charge in [-0.25, -0.2) is 4.98 Å². The van der Waals surface area contributed by atoms with Crippen LogP contribution in [0.2, 0.25) is 0 Å². The maximum absolute atomic E-state index is 13.4. The van der Waals surface area contributed by atoms with Gasteiger partial charge in [0.25, 0.3) is 11.7 Å². The van der Waals surface area contributed by atoms with Crippen LogP contribution < -0.4 is 14.2 Å². The van der Waals surface area contributed by atoms with Crippen LogP contribution in [0, 0.1) is 0 Å². The van der Waals surface area contributed by atoms with E-state index in [0.717, 1.165) is 11.3 Å². The van der Waals surface area contributed by atoms with Crippen LogP contribution in [0.3, 0.4) is 0 Å². The number of likely N-dealkylation sites (tertiary alicyclic amines) is 1. The van der Waals surface area contributed by atoms with Crippen molar-refractivity contribution < 1.29 is 28.9 Å². The van der Waals surface area contributed by atoms with Crippen molar-refractivity contribution in [2.45, 2.75) is 38.5 Å². The summed E-state index contributed by atoms with van der Waals surface area (Å²) in [5, 5.41) is 11.4. The number of methoxy groups -OCH3 is 2. The van der Waals surface area contributed by atoms with E-state index >= 15 is 0 Å². The van der Waals surface area contributed by atoms with Crippen molar-refractivity contribution >= 4 is 17.4 Å². The average molecular weight is 504 g/mol. The number of carbonyl (C=O) groups is 2. The molecule has 0 radical (unpaired) electrons. The van der Waals surface area contributed by atoms with Crippen molar-refractivity contribution in [3.63, 3.8) is 0 Å². The lowest BCUT2D eigenvalue weighted by atomic mass is 9.94. The standard InChI is InChI=1S/C28H29N3O6/c1-17-13-20-14-19(6-7-21(20)37-17)26(32)24-25(18-5-8-22(35-2)23(15-18)36-3)31(28(34)27(24)33)11-4-10-30-12-9-29-16-30/h5-9,12,14-17,25,32H,4,10-11,13H2,1-3H3/b26-24-. The Morgan fingerprint density at radius 2 is 1.92 bits per heavy atom. The van der Waals surface area contributed by atoms with Crippen LogP contribution in [0.4, 0.5) is 0 Å². The monoisotopic (exact) mass is 503 g/mol. The van der Waals surface area contributed by atoms with Crippen molar-refractivity contribution in [1.82, 2.24) is 14.5 Å². The fourth-order valence-electron chi connectivity index (χ4n) is 5.05. The Morgan fingerprint density at radius 1 is 1.11 bits per heavy atom. The number of Topliss-reactive ketones (excluding diaryl/α,β-unsaturated/α-hetero) is 1. The molecule has 0 bridgehead atoms. The van der Waals surface area contributed by atoms with Gasteiger partial charge < -0.3 is 28.8 Å². The highest BCUT2D eigenvalue weighted by molar-refractivity contribution is 6.46. The normalized spacial score (nSPS) is 20.1. The van der Waals surface area contributed by atoms with E-state index in [1.807, 2.05) is 23.8 Å². The Balaban J connectivity index is 1.56. The predicted octanol–water partition coefficient (Wildman–Crippen LogP) is 3.74. The zero-order valence-corrected chi connectivity index (χ0v) is 21.0. The smallest absolute Gasteiger partial charge is 0.295 e. The third kappa shape index (κ3) is 4.52. The van der Waals surface area contributed by atoms with Crippen LogP contribution >= 0.6 is 0 Å². The van der Waals surface area contributed by atoms with Gasteiger partial charge in [-0.1, -0.05) is 6.07 Å². The number of aromatic nitrogens is 2. The molecule has 9 heteroatoms. The minimum Gasteiger partial charge on any atom is -0.507 e. The molecule has 192 valence electrons. The SMILES string of the molecule is COc1ccc(C2/C(=C(/O)c3ccc4c(c3)CC(C)O4)C(=O)C(=O)N2CCCn2ccnc2)cc1OC. The summed E-state index contributed by atoms with van der Waals surface area (Å²) >= 11 is 0. The van der Waals surface area contributed by atoms with E-state index < -0.39 is 17.7 Å². The van der Waals surface area contributed by atoms with Gasteiger partial charge in [0, 0.05) is 37.5 Å². The Hall–Kier alpha value is -4.27. The number of aliphatic hydroxyl groups excluding tert-OH is 1. The molecule has 2 aliphatic rings. The molecule has 3 heterocycles. The molecule has 5 rings (SSSR count). The topological polar surface area (TPSA) is 103 Å². The van der Waals surface area contributed by atoms with E-state index in [4.69, 9.17) is 14.2 Å². The van der Waals surface area contributed by atoms with Gasteiger partial charge in [-0.05, 0) is 54.8 Å². The maximum Gasteiger partial charge on any atom is 0.295 e. The molecule has 0 aliphatic carbocycles. The van der Waals surface area contributed by atoms with Crippen molar-refractivity contribution in [1.29, 1.82) is 0 Å². The summed E-state index contributed by atoms with van der Waals surface area (Å²) in [6.45, 7) is 2.92. The number of rotatable bonds is 8. The summed E-state index contributed by atoms with van der Waals surface area (Å²) < 4.78 is 18.5. The van der Waals surface area contributed by atoms with E-state index in [2.05, 4.69) is 4.98 Å². The third-order valence-electron chi connectivity index (χ3n) is 6.81. The van der Waals surface area contributed by atoms with Crippen LogP contribution in [0.25, 0.3) is 5.76 Å². The Bertz CT molecular complexity index is 1360. The van der Waals surface area contributed by atoms with E-state index in [-0.39, 0.29) is 17.4 Å². The summed E-state index contributed by atoms with van der Waals surface area (Å²) in [4.78, 5) is 32.2. The number of amides is 1. The highest BCUT2D eigenvalue weighted by atomic mass is 16.5. The molecule has 1 aromatic heterocycles. The number of hydrogen-bond donors (Lipinski definition) is 1. The van der Waals surface area contributed by atoms with E-state index in [1.54, 1.807) is 42.9 Å². The molecule has 2 aliphatic heterocycles.